The summed E-state index contributed by atoms with van der Waals surface area (Å²) in [6.07, 6.45) is 0. The zero-order chi connectivity index (χ0) is 16.5. The first-order chi connectivity index (χ1) is 11.2. The summed E-state index contributed by atoms with van der Waals surface area (Å²) in [6.45, 7) is 0. The Hall–Kier alpha value is -3.14. The van der Waals surface area contributed by atoms with E-state index in [4.69, 9.17) is 20.9 Å². The topological polar surface area (TPSA) is 70.5 Å². The number of nitrogens with two attached hydrogens (primary N) is 2. The summed E-state index contributed by atoms with van der Waals surface area (Å²) in [7, 11) is 1.63. The number of rotatable bonds is 3. The fourth-order valence-corrected chi connectivity index (χ4v) is 1.76. The van der Waals surface area contributed by atoms with Crippen LogP contribution in [-0.2, 0) is 0 Å². The maximum Gasteiger partial charge on any atom is 0.127 e. The van der Waals surface area contributed by atoms with Crippen LogP contribution in [0.25, 0.3) is 0 Å². The first kappa shape index (κ1) is 16.2. The second kappa shape index (κ2) is 8.34. The summed E-state index contributed by atoms with van der Waals surface area (Å²) in [4.78, 5) is 0. The molecule has 0 saturated carbocycles. The summed E-state index contributed by atoms with van der Waals surface area (Å²) >= 11 is 0. The number of hydrogen-bond acceptors (Lipinski definition) is 4. The van der Waals surface area contributed by atoms with E-state index in [-0.39, 0.29) is 0 Å². The highest BCUT2D eigenvalue weighted by atomic mass is 16.5. The highest BCUT2D eigenvalue weighted by Crippen LogP contribution is 2.21. The maximum absolute atomic E-state index is 5.58. The molecule has 0 unspecified atom stereocenters. The Morgan fingerprint density at radius 1 is 0.565 bits per heavy atom. The van der Waals surface area contributed by atoms with E-state index in [9.17, 15) is 0 Å². The number of benzene rings is 3. The van der Waals surface area contributed by atoms with Crippen LogP contribution < -0.4 is 20.9 Å². The molecule has 0 aliphatic carbocycles. The smallest absolute Gasteiger partial charge is 0.127 e. The molecule has 0 aliphatic rings. The number of anilines is 2. The third kappa shape index (κ3) is 5.63. The molecule has 0 spiro atoms. The Morgan fingerprint density at radius 2 is 1.00 bits per heavy atom. The molecule has 0 atom stereocenters. The van der Waals surface area contributed by atoms with Gasteiger partial charge in [-0.1, -0.05) is 18.2 Å². The molecule has 118 valence electrons. The van der Waals surface area contributed by atoms with Gasteiger partial charge >= 0.3 is 0 Å². The van der Waals surface area contributed by atoms with E-state index >= 15 is 0 Å². The lowest BCUT2D eigenvalue weighted by molar-refractivity contribution is 0.415. The largest absolute Gasteiger partial charge is 0.497 e. The van der Waals surface area contributed by atoms with Crippen molar-refractivity contribution < 1.29 is 9.47 Å². The fraction of sp³-hybridized carbons (Fsp3) is 0.0526. The van der Waals surface area contributed by atoms with Crippen molar-refractivity contribution in [3.8, 4) is 17.2 Å². The minimum Gasteiger partial charge on any atom is -0.497 e. The lowest BCUT2D eigenvalue weighted by Gasteiger charge is -2.04. The zero-order valence-electron chi connectivity index (χ0n) is 13.0. The van der Waals surface area contributed by atoms with Crippen LogP contribution in [0.2, 0.25) is 0 Å². The van der Waals surface area contributed by atoms with Gasteiger partial charge in [0.1, 0.15) is 17.2 Å². The van der Waals surface area contributed by atoms with Crippen LogP contribution in [0.5, 0.6) is 17.2 Å². The molecule has 0 fully saturated rings. The van der Waals surface area contributed by atoms with Gasteiger partial charge in [-0.25, -0.2) is 0 Å². The molecular formula is C19H20N2O2. The Bertz CT molecular complexity index is 696. The van der Waals surface area contributed by atoms with E-state index in [2.05, 4.69) is 0 Å². The molecule has 0 bridgehead atoms. The summed E-state index contributed by atoms with van der Waals surface area (Å²) < 4.78 is 10.5. The molecule has 0 amide bonds. The minimum absolute atomic E-state index is 0.741. The number of nitrogen functional groups attached to an aromatic ring is 2. The molecule has 23 heavy (non-hydrogen) atoms. The van der Waals surface area contributed by atoms with Crippen molar-refractivity contribution in [2.75, 3.05) is 18.6 Å². The molecule has 0 radical (unpaired) electrons. The Balaban J connectivity index is 0.000000185. The third-order valence-corrected chi connectivity index (χ3v) is 2.97. The summed E-state index contributed by atoms with van der Waals surface area (Å²) in [5.41, 5.74) is 12.5. The molecule has 3 aromatic rings. The standard InChI is InChI=1S/C12H11NO.C7H9NO/c13-10-6-8-12(9-7-10)14-11-4-2-1-3-5-11;1-9-7-4-2-6(8)3-5-7/h1-9H,13H2;2-5H,8H2,1H3. The van der Waals surface area contributed by atoms with Gasteiger partial charge in [-0.15, -0.1) is 0 Å². The second-order valence-corrected chi connectivity index (χ2v) is 4.76. The van der Waals surface area contributed by atoms with Crippen molar-refractivity contribution >= 4 is 11.4 Å². The molecule has 0 aliphatic heterocycles. The van der Waals surface area contributed by atoms with Gasteiger partial charge in [0.25, 0.3) is 0 Å². The van der Waals surface area contributed by atoms with E-state index in [1.165, 1.54) is 0 Å². The molecule has 4 N–H and O–H groups in total. The van der Waals surface area contributed by atoms with Gasteiger partial charge < -0.3 is 20.9 Å². The van der Waals surface area contributed by atoms with Crippen molar-refractivity contribution in [3.63, 3.8) is 0 Å². The van der Waals surface area contributed by atoms with E-state index < -0.39 is 0 Å². The van der Waals surface area contributed by atoms with Gasteiger partial charge in [0, 0.05) is 11.4 Å². The average Bonchev–Trinajstić information content (AvgIpc) is 2.59. The van der Waals surface area contributed by atoms with E-state index in [0.717, 1.165) is 28.6 Å². The molecule has 0 saturated heterocycles. The van der Waals surface area contributed by atoms with Crippen LogP contribution in [0.1, 0.15) is 0 Å². The van der Waals surface area contributed by atoms with Crippen molar-refractivity contribution in [2.45, 2.75) is 0 Å². The SMILES string of the molecule is COc1ccc(N)cc1.Nc1ccc(Oc2ccccc2)cc1. The van der Waals surface area contributed by atoms with Gasteiger partial charge in [-0.2, -0.15) is 0 Å². The molecule has 0 heterocycles. The van der Waals surface area contributed by atoms with Crippen LogP contribution in [0.15, 0.2) is 78.9 Å². The minimum atomic E-state index is 0.741. The molecule has 4 nitrogen and oxygen atoms in total. The van der Waals surface area contributed by atoms with Crippen LogP contribution >= 0.6 is 0 Å². The quantitative estimate of drug-likeness (QED) is 0.706. The summed E-state index contributed by atoms with van der Waals surface area (Å²) in [5, 5.41) is 0. The average molecular weight is 308 g/mol. The van der Waals surface area contributed by atoms with Crippen LogP contribution in [0.4, 0.5) is 11.4 Å². The second-order valence-electron chi connectivity index (χ2n) is 4.76. The van der Waals surface area contributed by atoms with Crippen molar-refractivity contribution in [2.24, 2.45) is 0 Å². The lowest BCUT2D eigenvalue weighted by atomic mass is 10.3. The number of methoxy groups -OCH3 is 1. The van der Waals surface area contributed by atoms with Gasteiger partial charge in [0.2, 0.25) is 0 Å². The first-order valence-corrected chi connectivity index (χ1v) is 7.15. The van der Waals surface area contributed by atoms with Crippen LogP contribution in [0, 0.1) is 0 Å². The fourth-order valence-electron chi connectivity index (χ4n) is 1.76. The molecule has 3 rings (SSSR count). The molecule has 0 aromatic heterocycles. The van der Waals surface area contributed by atoms with Crippen molar-refractivity contribution in [3.05, 3.63) is 78.9 Å². The predicted molar refractivity (Wildman–Crippen MR) is 94.8 cm³/mol. The normalized spacial score (nSPS) is 9.43. The van der Waals surface area contributed by atoms with Crippen LogP contribution in [-0.4, -0.2) is 7.11 Å². The Kier molecular flexibility index (Phi) is 5.89. The first-order valence-electron chi connectivity index (χ1n) is 7.15. The van der Waals surface area contributed by atoms with Gasteiger partial charge in [-0.05, 0) is 60.7 Å². The lowest BCUT2D eigenvalue weighted by Crippen LogP contribution is -1.85. The Labute approximate surface area is 136 Å². The molecular weight excluding hydrogens is 288 g/mol. The predicted octanol–water partition coefficient (Wildman–Crippen LogP) is 4.34. The monoisotopic (exact) mass is 308 g/mol. The van der Waals surface area contributed by atoms with E-state index in [1.807, 2.05) is 66.7 Å². The highest BCUT2D eigenvalue weighted by molar-refractivity contribution is 5.43. The van der Waals surface area contributed by atoms with E-state index in [1.54, 1.807) is 19.2 Å². The Morgan fingerprint density at radius 3 is 1.48 bits per heavy atom. The number of hydrogen-bond donors (Lipinski definition) is 2. The summed E-state index contributed by atoms with van der Waals surface area (Å²) in [6, 6.07) is 24.3. The number of ether oxygens (including phenoxy) is 2. The van der Waals surface area contributed by atoms with Crippen molar-refractivity contribution in [1.82, 2.24) is 0 Å². The highest BCUT2D eigenvalue weighted by Gasteiger charge is 1.94. The zero-order valence-corrected chi connectivity index (χ0v) is 13.0. The van der Waals surface area contributed by atoms with Gasteiger partial charge in [-0.3, -0.25) is 0 Å². The van der Waals surface area contributed by atoms with Crippen LogP contribution in [0.3, 0.4) is 0 Å². The van der Waals surface area contributed by atoms with E-state index in [0.29, 0.717) is 0 Å². The third-order valence-electron chi connectivity index (χ3n) is 2.97. The molecule has 4 heteroatoms. The molecule has 3 aromatic carbocycles. The number of para-hydroxylation sites is 1. The maximum atomic E-state index is 5.58. The van der Waals surface area contributed by atoms with Gasteiger partial charge in [0.15, 0.2) is 0 Å². The summed E-state index contributed by atoms with van der Waals surface area (Å²) in [5.74, 6) is 2.46. The van der Waals surface area contributed by atoms with Gasteiger partial charge in [0.05, 0.1) is 7.11 Å². The van der Waals surface area contributed by atoms with Crippen molar-refractivity contribution in [1.29, 1.82) is 0 Å².